The average Bonchev–Trinajstić information content (AvgIpc) is 3.00. The Morgan fingerprint density at radius 1 is 1.24 bits per heavy atom. The molecule has 0 fully saturated rings. The number of aromatic nitrogens is 2. The Morgan fingerprint density at radius 3 is 2.52 bits per heavy atom. The number of carbonyl (C=O) groups excluding carboxylic acids is 2. The number of halogens is 1. The largest absolute Gasteiger partial charge is 0.369 e. The molecule has 1 aromatic heterocycles. The number of hydrogen-bond donors (Lipinski definition) is 2. The molecular weight excluding hydrogens is 383 g/mol. The standard InChI is InChI=1S/C15H17FN4O2S3/c1-8(10-3-5-11(16)6-4-10)18-13(22)9(2)24-15-20-19-14(25-15)23-7-12(17)21/h3-6,8-9H,7H2,1-2H3,(H2,17,21)(H,18,22)/t8-,9-/m0/s1. The number of thioether (sulfide) groups is 2. The SMILES string of the molecule is C[C@H](Sc1nnc(SCC(N)=O)s1)C(=O)N[C@@H](C)c1ccc(F)cc1. The van der Waals surface area contributed by atoms with Crippen LogP contribution in [0.5, 0.6) is 0 Å². The van der Waals surface area contributed by atoms with Crippen LogP contribution in [0.25, 0.3) is 0 Å². The smallest absolute Gasteiger partial charge is 0.233 e. The zero-order valence-corrected chi connectivity index (χ0v) is 16.0. The van der Waals surface area contributed by atoms with Gasteiger partial charge in [-0.2, -0.15) is 0 Å². The Hall–Kier alpha value is -1.65. The second-order valence-corrected chi connectivity index (χ2v) is 8.92. The fourth-order valence-electron chi connectivity index (χ4n) is 1.81. The maximum atomic E-state index is 13.0. The third-order valence-corrected chi connectivity index (χ3v) is 6.36. The Labute approximate surface area is 157 Å². The lowest BCUT2D eigenvalue weighted by Gasteiger charge is -2.17. The van der Waals surface area contributed by atoms with Crippen LogP contribution < -0.4 is 11.1 Å². The Morgan fingerprint density at radius 2 is 1.88 bits per heavy atom. The maximum Gasteiger partial charge on any atom is 0.233 e. The van der Waals surface area contributed by atoms with Crippen LogP contribution in [-0.2, 0) is 9.59 Å². The van der Waals surface area contributed by atoms with E-state index in [1.54, 1.807) is 19.1 Å². The average molecular weight is 401 g/mol. The summed E-state index contributed by atoms with van der Waals surface area (Å²) in [4.78, 5) is 23.1. The summed E-state index contributed by atoms with van der Waals surface area (Å²) >= 11 is 3.82. The van der Waals surface area contributed by atoms with Gasteiger partial charge in [0.25, 0.3) is 0 Å². The minimum atomic E-state index is -0.420. The van der Waals surface area contributed by atoms with Crippen LogP contribution in [0.2, 0.25) is 0 Å². The van der Waals surface area contributed by atoms with Gasteiger partial charge < -0.3 is 11.1 Å². The summed E-state index contributed by atoms with van der Waals surface area (Å²) in [5, 5.41) is 10.5. The van der Waals surface area contributed by atoms with E-state index in [4.69, 9.17) is 5.73 Å². The first kappa shape index (κ1) is 19.7. The molecule has 0 saturated heterocycles. The molecule has 2 rings (SSSR count). The lowest BCUT2D eigenvalue weighted by Crippen LogP contribution is -2.33. The number of benzene rings is 1. The molecule has 6 nitrogen and oxygen atoms in total. The van der Waals surface area contributed by atoms with Crippen LogP contribution in [0.1, 0.15) is 25.5 Å². The van der Waals surface area contributed by atoms with Crippen molar-refractivity contribution in [3.8, 4) is 0 Å². The zero-order chi connectivity index (χ0) is 18.4. The van der Waals surface area contributed by atoms with E-state index in [-0.39, 0.29) is 28.8 Å². The molecule has 2 atom stereocenters. The van der Waals surface area contributed by atoms with Gasteiger partial charge in [-0.05, 0) is 31.5 Å². The molecule has 0 radical (unpaired) electrons. The van der Waals surface area contributed by atoms with Crippen molar-refractivity contribution in [3.63, 3.8) is 0 Å². The minimum absolute atomic E-state index is 0.143. The number of nitrogens with zero attached hydrogens (tertiary/aromatic N) is 2. The second kappa shape index (κ2) is 9.16. The topological polar surface area (TPSA) is 98.0 Å². The molecule has 1 heterocycles. The summed E-state index contributed by atoms with van der Waals surface area (Å²) in [5.41, 5.74) is 5.91. The number of primary amides is 1. The van der Waals surface area contributed by atoms with Crippen LogP contribution in [0.3, 0.4) is 0 Å². The highest BCUT2D eigenvalue weighted by Crippen LogP contribution is 2.31. The van der Waals surface area contributed by atoms with Gasteiger partial charge in [-0.1, -0.05) is 47.0 Å². The fraction of sp³-hybridized carbons (Fsp3) is 0.333. The van der Waals surface area contributed by atoms with Crippen LogP contribution in [-0.4, -0.2) is 33.0 Å². The van der Waals surface area contributed by atoms with Gasteiger partial charge in [0.15, 0.2) is 8.68 Å². The van der Waals surface area contributed by atoms with E-state index in [0.29, 0.717) is 8.68 Å². The van der Waals surface area contributed by atoms with Crippen molar-refractivity contribution in [1.82, 2.24) is 15.5 Å². The van der Waals surface area contributed by atoms with Crippen LogP contribution in [0, 0.1) is 5.82 Å². The fourth-order valence-corrected chi connectivity index (χ4v) is 4.72. The van der Waals surface area contributed by atoms with Crippen molar-refractivity contribution in [2.75, 3.05) is 5.75 Å². The van der Waals surface area contributed by atoms with Crippen LogP contribution in [0.15, 0.2) is 32.9 Å². The molecule has 3 N–H and O–H groups in total. The van der Waals surface area contributed by atoms with Crippen molar-refractivity contribution in [2.45, 2.75) is 33.8 Å². The number of nitrogens with one attached hydrogen (secondary N) is 1. The van der Waals surface area contributed by atoms with Gasteiger partial charge in [-0.3, -0.25) is 9.59 Å². The predicted octanol–water partition coefficient (Wildman–Crippen LogP) is 2.61. The van der Waals surface area contributed by atoms with E-state index in [1.807, 2.05) is 6.92 Å². The van der Waals surface area contributed by atoms with E-state index in [1.165, 1.54) is 47.0 Å². The van der Waals surface area contributed by atoms with E-state index < -0.39 is 5.91 Å². The van der Waals surface area contributed by atoms with Crippen molar-refractivity contribution in [1.29, 1.82) is 0 Å². The summed E-state index contributed by atoms with van der Waals surface area (Å²) in [5.74, 6) is -0.738. The highest BCUT2D eigenvalue weighted by Gasteiger charge is 2.19. The molecule has 0 unspecified atom stereocenters. The molecule has 25 heavy (non-hydrogen) atoms. The normalized spacial score (nSPS) is 13.2. The van der Waals surface area contributed by atoms with Crippen LogP contribution in [0.4, 0.5) is 4.39 Å². The zero-order valence-electron chi connectivity index (χ0n) is 13.6. The molecule has 0 bridgehead atoms. The van der Waals surface area contributed by atoms with Crippen LogP contribution >= 0.6 is 34.9 Å². The molecule has 2 amide bonds. The van der Waals surface area contributed by atoms with E-state index in [2.05, 4.69) is 15.5 Å². The quantitative estimate of drug-likeness (QED) is 0.661. The van der Waals surface area contributed by atoms with Gasteiger partial charge in [0.05, 0.1) is 17.0 Å². The summed E-state index contributed by atoms with van der Waals surface area (Å²) in [6.45, 7) is 3.61. The lowest BCUT2D eigenvalue weighted by molar-refractivity contribution is -0.121. The van der Waals surface area contributed by atoms with Crippen molar-refractivity contribution >= 4 is 46.7 Å². The summed E-state index contributed by atoms with van der Waals surface area (Å²) in [7, 11) is 0. The van der Waals surface area contributed by atoms with E-state index in [0.717, 1.165) is 5.56 Å². The first-order chi connectivity index (χ1) is 11.8. The first-order valence-electron chi connectivity index (χ1n) is 7.32. The molecular formula is C15H17FN4O2S3. The molecule has 1 aromatic carbocycles. The number of rotatable bonds is 8. The third-order valence-electron chi connectivity index (χ3n) is 3.10. The first-order valence-corrected chi connectivity index (χ1v) is 10.0. The van der Waals surface area contributed by atoms with Gasteiger partial charge in [-0.25, -0.2) is 4.39 Å². The molecule has 0 aliphatic rings. The number of hydrogen-bond acceptors (Lipinski definition) is 7. The predicted molar refractivity (Wildman–Crippen MR) is 98.1 cm³/mol. The minimum Gasteiger partial charge on any atom is -0.369 e. The van der Waals surface area contributed by atoms with Gasteiger partial charge >= 0.3 is 0 Å². The summed E-state index contributed by atoms with van der Waals surface area (Å²) in [6, 6.07) is 5.79. The maximum absolute atomic E-state index is 13.0. The van der Waals surface area contributed by atoms with Gasteiger partial charge in [0, 0.05) is 0 Å². The Balaban J connectivity index is 1.87. The Kier molecular flexibility index (Phi) is 7.21. The Bertz CT molecular complexity index is 739. The number of carbonyl (C=O) groups is 2. The molecule has 0 saturated carbocycles. The molecule has 2 aromatic rings. The molecule has 0 aliphatic heterocycles. The third kappa shape index (κ3) is 6.29. The van der Waals surface area contributed by atoms with E-state index >= 15 is 0 Å². The lowest BCUT2D eigenvalue weighted by atomic mass is 10.1. The second-order valence-electron chi connectivity index (χ2n) is 5.13. The number of amides is 2. The highest BCUT2D eigenvalue weighted by molar-refractivity contribution is 8.04. The highest BCUT2D eigenvalue weighted by atomic mass is 32.2. The van der Waals surface area contributed by atoms with E-state index in [9.17, 15) is 14.0 Å². The monoisotopic (exact) mass is 400 g/mol. The van der Waals surface area contributed by atoms with Crippen molar-refractivity contribution in [2.24, 2.45) is 5.73 Å². The van der Waals surface area contributed by atoms with Gasteiger partial charge in [-0.15, -0.1) is 10.2 Å². The van der Waals surface area contributed by atoms with Gasteiger partial charge in [0.2, 0.25) is 11.8 Å². The molecule has 0 spiro atoms. The summed E-state index contributed by atoms with van der Waals surface area (Å²) in [6.07, 6.45) is 0. The van der Waals surface area contributed by atoms with Gasteiger partial charge in [0.1, 0.15) is 5.82 Å². The van der Waals surface area contributed by atoms with Crippen molar-refractivity contribution in [3.05, 3.63) is 35.6 Å². The number of nitrogens with two attached hydrogens (primary N) is 1. The molecule has 10 heteroatoms. The summed E-state index contributed by atoms with van der Waals surface area (Å²) < 4.78 is 14.2. The van der Waals surface area contributed by atoms with Crippen molar-refractivity contribution < 1.29 is 14.0 Å². The molecule has 134 valence electrons. The molecule has 0 aliphatic carbocycles.